The van der Waals surface area contributed by atoms with E-state index in [9.17, 15) is 0 Å². The first kappa shape index (κ1) is 11.9. The van der Waals surface area contributed by atoms with Crippen LogP contribution in [0.4, 0.5) is 5.82 Å². The number of anilines is 1. The molecule has 0 bridgehead atoms. The Hall–Kier alpha value is -1.55. The Balaban J connectivity index is 2.32. The molecular weight excluding hydrogens is 230 g/mol. The molecule has 0 saturated carbocycles. The van der Waals surface area contributed by atoms with Crippen LogP contribution in [0.2, 0.25) is 0 Å². The van der Waals surface area contributed by atoms with Gasteiger partial charge in [-0.2, -0.15) is 0 Å². The highest BCUT2D eigenvalue weighted by Crippen LogP contribution is 2.21. The van der Waals surface area contributed by atoms with Crippen LogP contribution in [0, 0.1) is 0 Å². The molecule has 2 aromatic rings. The molecule has 88 valence electrons. The minimum Gasteiger partial charge on any atom is -0.363 e. The van der Waals surface area contributed by atoms with Crippen molar-refractivity contribution < 1.29 is 0 Å². The van der Waals surface area contributed by atoms with Crippen molar-refractivity contribution in [2.24, 2.45) is 0 Å². The van der Waals surface area contributed by atoms with Gasteiger partial charge in [0.2, 0.25) is 0 Å². The van der Waals surface area contributed by atoms with Crippen LogP contribution in [0.25, 0.3) is 11.3 Å². The van der Waals surface area contributed by atoms with Gasteiger partial charge in [-0.05, 0) is 30.5 Å². The molecule has 0 unspecified atom stereocenters. The van der Waals surface area contributed by atoms with E-state index >= 15 is 0 Å². The van der Waals surface area contributed by atoms with E-state index in [1.165, 1.54) is 0 Å². The Morgan fingerprint density at radius 1 is 1.12 bits per heavy atom. The second-order valence-corrected chi connectivity index (χ2v) is 4.69. The molecule has 0 aliphatic carbocycles. The van der Waals surface area contributed by atoms with Gasteiger partial charge in [-0.25, -0.2) is 9.97 Å². The predicted octanol–water partition coefficient (Wildman–Crippen LogP) is 2.93. The average Bonchev–Trinajstić information content (AvgIpc) is 2.39. The third kappa shape index (κ3) is 2.77. The minimum atomic E-state index is 0.953. The van der Waals surface area contributed by atoms with Crippen molar-refractivity contribution in [2.75, 3.05) is 25.3 Å². The van der Waals surface area contributed by atoms with Gasteiger partial charge in [0.1, 0.15) is 5.82 Å². The van der Waals surface area contributed by atoms with Crippen LogP contribution < -0.4 is 4.90 Å². The second-order valence-electron chi connectivity index (χ2n) is 3.86. The first-order valence-corrected chi connectivity index (χ1v) is 6.58. The topological polar surface area (TPSA) is 29.0 Å². The Kier molecular flexibility index (Phi) is 3.64. The zero-order valence-electron chi connectivity index (χ0n) is 10.2. The summed E-state index contributed by atoms with van der Waals surface area (Å²) in [6, 6.07) is 10.1. The molecule has 3 nitrogen and oxygen atoms in total. The quantitative estimate of drug-likeness (QED) is 0.777. The molecule has 0 spiro atoms. The zero-order chi connectivity index (χ0) is 12.3. The summed E-state index contributed by atoms with van der Waals surface area (Å²) in [6.07, 6.45) is 3.89. The third-order valence-electron chi connectivity index (χ3n) is 2.43. The molecule has 0 aliphatic rings. The Bertz CT molecular complexity index is 494. The van der Waals surface area contributed by atoms with Gasteiger partial charge in [0.15, 0.2) is 0 Å². The van der Waals surface area contributed by atoms with E-state index in [1.54, 1.807) is 11.8 Å². The number of aromatic nitrogens is 2. The molecule has 0 aromatic carbocycles. The zero-order valence-corrected chi connectivity index (χ0v) is 11.0. The number of hydrogen-bond donors (Lipinski definition) is 0. The molecule has 0 saturated heterocycles. The summed E-state index contributed by atoms with van der Waals surface area (Å²) in [7, 11) is 3.96. The summed E-state index contributed by atoms with van der Waals surface area (Å²) >= 11 is 1.65. The van der Waals surface area contributed by atoms with Crippen molar-refractivity contribution in [3.63, 3.8) is 0 Å². The molecule has 17 heavy (non-hydrogen) atoms. The van der Waals surface area contributed by atoms with Gasteiger partial charge < -0.3 is 4.90 Å². The molecule has 0 N–H and O–H groups in total. The highest BCUT2D eigenvalue weighted by atomic mass is 32.2. The number of nitrogens with zero attached hydrogens (tertiary/aromatic N) is 3. The van der Waals surface area contributed by atoms with E-state index < -0.39 is 0 Å². The summed E-state index contributed by atoms with van der Waals surface area (Å²) in [6.45, 7) is 0. The highest BCUT2D eigenvalue weighted by molar-refractivity contribution is 7.98. The number of hydrogen-bond acceptors (Lipinski definition) is 4. The van der Waals surface area contributed by atoms with Crippen LogP contribution in [0.3, 0.4) is 0 Å². The molecule has 2 heterocycles. The van der Waals surface area contributed by atoms with E-state index in [-0.39, 0.29) is 0 Å². The van der Waals surface area contributed by atoms with Crippen LogP contribution in [0.15, 0.2) is 41.6 Å². The maximum atomic E-state index is 4.55. The summed E-state index contributed by atoms with van der Waals surface area (Å²) in [5, 5.41) is 1.03. The Morgan fingerprint density at radius 2 is 1.94 bits per heavy atom. The van der Waals surface area contributed by atoms with Crippen molar-refractivity contribution in [1.82, 2.24) is 9.97 Å². The SMILES string of the molecule is CSc1cccc(-c2ccc(N(C)C)nc2)n1. The maximum absolute atomic E-state index is 4.55. The monoisotopic (exact) mass is 245 g/mol. The molecule has 0 amide bonds. The lowest BCUT2D eigenvalue weighted by atomic mass is 10.2. The van der Waals surface area contributed by atoms with Gasteiger partial charge in [0, 0.05) is 25.9 Å². The molecule has 0 fully saturated rings. The first-order valence-electron chi connectivity index (χ1n) is 5.35. The van der Waals surface area contributed by atoms with Gasteiger partial charge in [0.25, 0.3) is 0 Å². The van der Waals surface area contributed by atoms with Crippen molar-refractivity contribution in [1.29, 1.82) is 0 Å². The summed E-state index contributed by atoms with van der Waals surface area (Å²) in [5.74, 6) is 0.953. The standard InChI is InChI=1S/C13H15N3S/c1-16(2)12-8-7-10(9-14-12)11-5-4-6-13(15-11)17-3/h4-9H,1-3H3. The molecule has 0 radical (unpaired) electrons. The summed E-state index contributed by atoms with van der Waals surface area (Å²) in [5.41, 5.74) is 2.01. The molecule has 4 heteroatoms. The lowest BCUT2D eigenvalue weighted by Gasteiger charge is -2.11. The number of thioether (sulfide) groups is 1. The predicted molar refractivity (Wildman–Crippen MR) is 73.6 cm³/mol. The number of pyridine rings is 2. The van der Waals surface area contributed by atoms with E-state index in [2.05, 4.69) is 16.0 Å². The highest BCUT2D eigenvalue weighted by Gasteiger charge is 2.02. The Labute approximate surface area is 106 Å². The fourth-order valence-corrected chi connectivity index (χ4v) is 1.90. The molecular formula is C13H15N3S. The fourth-order valence-electron chi connectivity index (χ4n) is 1.49. The van der Waals surface area contributed by atoms with E-state index in [0.717, 1.165) is 22.1 Å². The van der Waals surface area contributed by atoms with Gasteiger partial charge in [-0.1, -0.05) is 6.07 Å². The molecule has 2 aromatic heterocycles. The van der Waals surface area contributed by atoms with Gasteiger partial charge in [-0.3, -0.25) is 0 Å². The normalized spacial score (nSPS) is 10.3. The first-order chi connectivity index (χ1) is 8.20. The van der Waals surface area contributed by atoms with Crippen molar-refractivity contribution in [2.45, 2.75) is 5.03 Å². The van der Waals surface area contributed by atoms with E-state index in [4.69, 9.17) is 0 Å². The van der Waals surface area contributed by atoms with Crippen LogP contribution in [-0.2, 0) is 0 Å². The minimum absolute atomic E-state index is 0.953. The van der Waals surface area contributed by atoms with Crippen LogP contribution in [-0.4, -0.2) is 30.3 Å². The van der Waals surface area contributed by atoms with Crippen molar-refractivity contribution in [3.05, 3.63) is 36.5 Å². The van der Waals surface area contributed by atoms with Crippen molar-refractivity contribution in [3.8, 4) is 11.3 Å². The van der Waals surface area contributed by atoms with E-state index in [1.807, 2.05) is 55.7 Å². The van der Waals surface area contributed by atoms with Gasteiger partial charge in [0.05, 0.1) is 10.7 Å². The van der Waals surface area contributed by atoms with Crippen molar-refractivity contribution >= 4 is 17.6 Å². The van der Waals surface area contributed by atoms with Gasteiger partial charge >= 0.3 is 0 Å². The largest absolute Gasteiger partial charge is 0.363 e. The van der Waals surface area contributed by atoms with E-state index in [0.29, 0.717) is 0 Å². The van der Waals surface area contributed by atoms with Crippen LogP contribution >= 0.6 is 11.8 Å². The lowest BCUT2D eigenvalue weighted by Crippen LogP contribution is -2.10. The molecule has 0 atom stereocenters. The maximum Gasteiger partial charge on any atom is 0.127 e. The molecule has 0 aliphatic heterocycles. The van der Waals surface area contributed by atoms with Crippen LogP contribution in [0.5, 0.6) is 0 Å². The Morgan fingerprint density at radius 3 is 2.53 bits per heavy atom. The summed E-state index contributed by atoms with van der Waals surface area (Å²) < 4.78 is 0. The smallest absolute Gasteiger partial charge is 0.127 e. The summed E-state index contributed by atoms with van der Waals surface area (Å²) in [4.78, 5) is 10.9. The van der Waals surface area contributed by atoms with Gasteiger partial charge in [-0.15, -0.1) is 11.8 Å². The number of rotatable bonds is 3. The fraction of sp³-hybridized carbons (Fsp3) is 0.231. The lowest BCUT2D eigenvalue weighted by molar-refractivity contribution is 1.06. The molecule has 2 rings (SSSR count). The van der Waals surface area contributed by atoms with Crippen LogP contribution in [0.1, 0.15) is 0 Å². The average molecular weight is 245 g/mol. The third-order valence-corrected chi connectivity index (χ3v) is 3.08. The second kappa shape index (κ2) is 5.19.